The molecule has 0 atom stereocenters. The molecule has 0 saturated carbocycles. The topological polar surface area (TPSA) is 105 Å². The van der Waals surface area contributed by atoms with E-state index in [1.165, 1.54) is 0 Å². The van der Waals surface area contributed by atoms with Gasteiger partial charge in [-0.3, -0.25) is 0 Å². The van der Waals surface area contributed by atoms with Gasteiger partial charge in [-0.2, -0.15) is 0 Å². The van der Waals surface area contributed by atoms with Crippen LogP contribution in [0, 0.1) is 0 Å². The maximum absolute atomic E-state index is 13.3. The van der Waals surface area contributed by atoms with Gasteiger partial charge in [-0.1, -0.05) is 48.5 Å². The van der Waals surface area contributed by atoms with Crippen LogP contribution in [0.2, 0.25) is 0 Å². The molecule has 0 fully saturated rings. The van der Waals surface area contributed by atoms with Crippen LogP contribution in [0.5, 0.6) is 23.0 Å². The van der Waals surface area contributed by atoms with Crippen LogP contribution in [0.15, 0.2) is 155 Å². The lowest BCUT2D eigenvalue weighted by molar-refractivity contribution is 0.482. The van der Waals surface area contributed by atoms with Crippen molar-refractivity contribution in [2.24, 2.45) is 0 Å². The molecule has 0 spiro atoms. The van der Waals surface area contributed by atoms with Gasteiger partial charge in [0.05, 0.1) is 9.79 Å². The van der Waals surface area contributed by atoms with Gasteiger partial charge in [0.1, 0.15) is 23.0 Å². The standard InChI is InChI=1S/C36H28N2O4S/c37-29-9-1-25(2-10-29)27-5-13-31(14-6-27)41-33-17-21-35(22-18-33)43(39,40)36-23-19-34(20-24-36)42-32-15-7-28(8-16-32)26-3-11-30(38)12-4-26/h1-24H,37-38H2. The number of hydrogen-bond donors (Lipinski definition) is 2. The highest BCUT2D eigenvalue weighted by Crippen LogP contribution is 2.31. The molecule has 6 nitrogen and oxygen atoms in total. The van der Waals surface area contributed by atoms with Gasteiger partial charge in [-0.05, 0) is 119 Å². The van der Waals surface area contributed by atoms with Crippen molar-refractivity contribution in [1.82, 2.24) is 0 Å². The van der Waals surface area contributed by atoms with E-state index in [1.807, 2.05) is 97.1 Å². The minimum atomic E-state index is -3.73. The predicted octanol–water partition coefficient (Wildman–Crippen LogP) is 8.60. The van der Waals surface area contributed by atoms with Crippen molar-refractivity contribution in [3.05, 3.63) is 146 Å². The number of sulfone groups is 1. The first-order valence-corrected chi connectivity index (χ1v) is 15.0. The number of hydrogen-bond acceptors (Lipinski definition) is 6. The fraction of sp³-hybridized carbons (Fsp3) is 0. The summed E-state index contributed by atoms with van der Waals surface area (Å²) in [6.45, 7) is 0. The molecule has 6 rings (SSSR count). The highest BCUT2D eigenvalue weighted by atomic mass is 32.2. The van der Waals surface area contributed by atoms with E-state index >= 15 is 0 Å². The quantitative estimate of drug-likeness (QED) is 0.174. The monoisotopic (exact) mass is 584 g/mol. The zero-order valence-corrected chi connectivity index (χ0v) is 23.9. The molecule has 0 aliphatic heterocycles. The molecule has 7 heteroatoms. The van der Waals surface area contributed by atoms with Crippen molar-refractivity contribution in [1.29, 1.82) is 0 Å². The van der Waals surface area contributed by atoms with Crippen LogP contribution in [-0.2, 0) is 9.84 Å². The number of nitrogen functional groups attached to an aromatic ring is 2. The van der Waals surface area contributed by atoms with Gasteiger partial charge in [-0.25, -0.2) is 8.42 Å². The van der Waals surface area contributed by atoms with E-state index in [1.54, 1.807) is 48.5 Å². The van der Waals surface area contributed by atoms with Gasteiger partial charge in [0.2, 0.25) is 9.84 Å². The maximum Gasteiger partial charge on any atom is 0.206 e. The summed E-state index contributed by atoms with van der Waals surface area (Å²) in [4.78, 5) is 0.343. The summed E-state index contributed by atoms with van der Waals surface area (Å²) < 4.78 is 38.4. The van der Waals surface area contributed by atoms with Crippen LogP contribution in [0.4, 0.5) is 11.4 Å². The van der Waals surface area contributed by atoms with Crippen molar-refractivity contribution in [2.45, 2.75) is 9.79 Å². The molecule has 43 heavy (non-hydrogen) atoms. The summed E-state index contributed by atoms with van der Waals surface area (Å²) in [5, 5.41) is 0. The fourth-order valence-electron chi connectivity index (χ4n) is 4.56. The minimum Gasteiger partial charge on any atom is -0.457 e. The maximum atomic E-state index is 13.3. The highest BCUT2D eigenvalue weighted by molar-refractivity contribution is 7.91. The molecule has 212 valence electrons. The van der Waals surface area contributed by atoms with Gasteiger partial charge in [0.25, 0.3) is 0 Å². The zero-order valence-electron chi connectivity index (χ0n) is 23.1. The van der Waals surface area contributed by atoms with E-state index in [2.05, 4.69) is 0 Å². The first-order chi connectivity index (χ1) is 20.8. The van der Waals surface area contributed by atoms with Crippen molar-refractivity contribution in [2.75, 3.05) is 11.5 Å². The Morgan fingerprint density at radius 3 is 0.860 bits per heavy atom. The summed E-state index contributed by atoms with van der Waals surface area (Å²) in [5.41, 5.74) is 17.2. The molecule has 0 unspecified atom stereocenters. The molecular formula is C36H28N2O4S. The Hall–Kier alpha value is -5.53. The zero-order chi connectivity index (χ0) is 29.8. The van der Waals surface area contributed by atoms with Crippen LogP contribution >= 0.6 is 0 Å². The number of ether oxygens (including phenoxy) is 2. The lowest BCUT2D eigenvalue weighted by atomic mass is 10.1. The number of anilines is 2. The average molecular weight is 585 g/mol. The molecule has 0 radical (unpaired) electrons. The molecule has 0 amide bonds. The summed E-state index contributed by atoms with van der Waals surface area (Å²) in [7, 11) is -3.73. The number of benzene rings is 6. The normalized spacial score (nSPS) is 11.2. The molecule has 6 aromatic rings. The lowest BCUT2D eigenvalue weighted by Gasteiger charge is -2.10. The number of rotatable bonds is 8. The summed E-state index contributed by atoms with van der Waals surface area (Å²) in [6, 6.07) is 43.4. The summed E-state index contributed by atoms with van der Waals surface area (Å²) >= 11 is 0. The second-order valence-corrected chi connectivity index (χ2v) is 11.9. The number of nitrogens with two attached hydrogens (primary N) is 2. The molecule has 0 aliphatic rings. The molecule has 4 N–H and O–H groups in total. The summed E-state index contributed by atoms with van der Waals surface area (Å²) in [5.74, 6) is 2.35. The van der Waals surface area contributed by atoms with E-state index in [0.717, 1.165) is 22.3 Å². The third-order valence-electron chi connectivity index (χ3n) is 6.94. The van der Waals surface area contributed by atoms with Crippen LogP contribution in [0.1, 0.15) is 0 Å². The van der Waals surface area contributed by atoms with Crippen LogP contribution in [0.3, 0.4) is 0 Å². The van der Waals surface area contributed by atoms with Crippen molar-refractivity contribution in [3.63, 3.8) is 0 Å². The minimum absolute atomic E-state index is 0.172. The van der Waals surface area contributed by atoms with E-state index in [4.69, 9.17) is 20.9 Å². The largest absolute Gasteiger partial charge is 0.457 e. The first-order valence-electron chi connectivity index (χ1n) is 13.6. The van der Waals surface area contributed by atoms with Crippen LogP contribution in [-0.4, -0.2) is 8.42 Å². The average Bonchev–Trinajstić information content (AvgIpc) is 3.03. The summed E-state index contributed by atoms with van der Waals surface area (Å²) in [6.07, 6.45) is 0. The van der Waals surface area contributed by atoms with E-state index in [9.17, 15) is 8.42 Å². The third kappa shape index (κ3) is 6.37. The van der Waals surface area contributed by atoms with E-state index < -0.39 is 9.84 Å². The Bertz CT molecular complexity index is 1800. The lowest BCUT2D eigenvalue weighted by Crippen LogP contribution is -2.01. The Balaban J connectivity index is 1.09. The molecular weight excluding hydrogens is 556 g/mol. The van der Waals surface area contributed by atoms with Crippen molar-refractivity contribution >= 4 is 21.2 Å². The van der Waals surface area contributed by atoms with Crippen molar-refractivity contribution < 1.29 is 17.9 Å². The predicted molar refractivity (Wildman–Crippen MR) is 171 cm³/mol. The Morgan fingerprint density at radius 2 is 0.581 bits per heavy atom. The molecule has 6 aromatic carbocycles. The SMILES string of the molecule is Nc1ccc(-c2ccc(Oc3ccc(S(=O)(=O)c4ccc(Oc5ccc(-c6ccc(N)cc6)cc5)cc4)cc3)cc2)cc1. The van der Waals surface area contributed by atoms with Gasteiger partial charge in [0.15, 0.2) is 0 Å². The van der Waals surface area contributed by atoms with Crippen LogP contribution < -0.4 is 20.9 Å². The highest BCUT2D eigenvalue weighted by Gasteiger charge is 2.18. The van der Waals surface area contributed by atoms with Crippen LogP contribution in [0.25, 0.3) is 22.3 Å². The fourth-order valence-corrected chi connectivity index (χ4v) is 5.82. The van der Waals surface area contributed by atoms with E-state index in [0.29, 0.717) is 34.4 Å². The molecule has 0 saturated heterocycles. The smallest absolute Gasteiger partial charge is 0.206 e. The second kappa shape index (κ2) is 11.8. The Morgan fingerprint density at radius 1 is 0.349 bits per heavy atom. The Kier molecular flexibility index (Phi) is 7.56. The third-order valence-corrected chi connectivity index (χ3v) is 8.72. The van der Waals surface area contributed by atoms with E-state index in [-0.39, 0.29) is 9.79 Å². The molecule has 0 bridgehead atoms. The molecule has 0 aromatic heterocycles. The Labute approximate surface area is 250 Å². The molecule has 0 heterocycles. The molecule has 0 aliphatic carbocycles. The van der Waals surface area contributed by atoms with Gasteiger partial charge in [-0.15, -0.1) is 0 Å². The van der Waals surface area contributed by atoms with Gasteiger partial charge < -0.3 is 20.9 Å². The van der Waals surface area contributed by atoms with Crippen molar-refractivity contribution in [3.8, 4) is 45.3 Å². The second-order valence-electron chi connectivity index (χ2n) is 9.94. The van der Waals surface area contributed by atoms with Gasteiger partial charge >= 0.3 is 0 Å². The van der Waals surface area contributed by atoms with Gasteiger partial charge in [0, 0.05) is 11.4 Å². The first kappa shape index (κ1) is 27.6.